The molecule has 6 saturated heterocycles. The largest absolute Gasteiger partial charge is 0.508 e. The zero-order valence-electron chi connectivity index (χ0n) is 64.6. The van der Waals surface area contributed by atoms with Crippen LogP contribution < -0.4 is 35.2 Å². The molecule has 1 spiro atoms. The van der Waals surface area contributed by atoms with Gasteiger partial charge < -0.3 is 78.9 Å². The summed E-state index contributed by atoms with van der Waals surface area (Å²) < 4.78 is 122. The van der Waals surface area contributed by atoms with Crippen molar-refractivity contribution in [1.29, 1.82) is 0 Å². The Bertz CT molecular complexity index is 4530. The van der Waals surface area contributed by atoms with E-state index in [4.69, 9.17) is 72.6 Å². The average molecular weight is 1710 g/mol. The lowest BCUT2D eigenvalue weighted by molar-refractivity contribution is -0.167. The molecule has 115 heavy (non-hydrogen) atoms. The van der Waals surface area contributed by atoms with Crippen molar-refractivity contribution in [2.75, 3.05) is 121 Å². The maximum Gasteiger partial charge on any atom is 0.508 e. The number of thiol groups is 2. The molecule has 2 bridgehead atoms. The molecule has 5 N–H and O–H groups in total. The number of hydrogen-bond acceptors (Lipinski definition) is 28. The van der Waals surface area contributed by atoms with Crippen LogP contribution in [0.5, 0.6) is 0 Å². The first-order valence-electron chi connectivity index (χ1n) is 37.4. The van der Waals surface area contributed by atoms with Crippen LogP contribution in [0.2, 0.25) is 0 Å². The summed E-state index contributed by atoms with van der Waals surface area (Å²) >= 11 is 9.98. The van der Waals surface area contributed by atoms with Gasteiger partial charge in [0.15, 0.2) is 14.6 Å². The van der Waals surface area contributed by atoms with Crippen LogP contribution in [0.3, 0.4) is 0 Å². The van der Waals surface area contributed by atoms with Gasteiger partial charge in [-0.15, -0.1) is 25.3 Å². The lowest BCUT2D eigenvalue weighted by Crippen LogP contribution is -2.78. The molecule has 4 aromatic carbocycles. The summed E-state index contributed by atoms with van der Waals surface area (Å²) in [5.41, 5.74) is -5.40. The molecule has 0 aromatic heterocycles. The second kappa shape index (κ2) is 35.8. The molecule has 8 aliphatic heterocycles. The maximum atomic E-state index is 16.7. The number of alkyl carbamates (subject to hydrolysis) is 2. The number of carbonyl (C=O) groups is 10. The normalized spacial score (nSPS) is 24.4. The number of sulfonamides is 2. The highest BCUT2D eigenvalue weighted by molar-refractivity contribution is 8.78. The minimum absolute atomic E-state index is 0.0204. The van der Waals surface area contributed by atoms with Gasteiger partial charge in [0.1, 0.15) is 36.7 Å². The Morgan fingerprint density at radius 2 is 0.896 bits per heavy atom. The minimum Gasteiger partial charge on any atom is -0.444 e. The van der Waals surface area contributed by atoms with Crippen molar-refractivity contribution in [2.24, 2.45) is 0 Å². The van der Waals surface area contributed by atoms with E-state index in [-0.39, 0.29) is 175 Å². The number of unbranched alkanes of at least 4 members (excludes halogenated alkanes) is 2. The molecule has 8 atom stereocenters. The van der Waals surface area contributed by atoms with Crippen molar-refractivity contribution in [3.63, 3.8) is 0 Å². The van der Waals surface area contributed by atoms with E-state index < -0.39 is 148 Å². The molecule has 0 radical (unpaired) electrons. The summed E-state index contributed by atoms with van der Waals surface area (Å²) in [5.74, 6) is -4.49. The number of hydrogen-bond donors (Lipinski definition) is 7. The summed E-state index contributed by atoms with van der Waals surface area (Å²) in [4.78, 5) is 135. The molecule has 6 fully saturated rings. The van der Waals surface area contributed by atoms with E-state index in [1.807, 2.05) is 0 Å². The molecule has 0 saturated carbocycles. The Kier molecular flexibility index (Phi) is 27.2. The molecule has 0 aliphatic carbocycles. The van der Waals surface area contributed by atoms with Crippen LogP contribution in [0, 0.1) is 0 Å². The molecule has 626 valence electrons. The van der Waals surface area contributed by atoms with E-state index in [2.05, 4.69) is 26.6 Å². The molecular weight excluding hydrogens is 1620 g/mol. The zero-order chi connectivity index (χ0) is 83.0. The number of amides is 8. The van der Waals surface area contributed by atoms with Crippen LogP contribution in [0.4, 0.5) is 30.6 Å². The van der Waals surface area contributed by atoms with Gasteiger partial charge in [0.2, 0.25) is 16.7 Å². The van der Waals surface area contributed by atoms with Gasteiger partial charge in [0.25, 0.3) is 43.7 Å². The van der Waals surface area contributed by atoms with Crippen molar-refractivity contribution in [3.05, 3.63) is 120 Å². The fraction of sp³-hybridized carbons (Fsp3) is 0.547. The number of nitrogens with one attached hydrogen (secondary N) is 5. The van der Waals surface area contributed by atoms with Gasteiger partial charge in [-0.25, -0.2) is 44.6 Å². The first-order chi connectivity index (χ1) is 54.6. The van der Waals surface area contributed by atoms with Crippen molar-refractivity contribution in [1.82, 2.24) is 41.3 Å². The summed E-state index contributed by atoms with van der Waals surface area (Å²) in [7, 11) is -6.87. The number of fused-ring (bicyclic) bond motifs is 11. The molecule has 8 heterocycles. The first kappa shape index (κ1) is 87.4. The summed E-state index contributed by atoms with van der Waals surface area (Å²) in [5, 5.41) is 13.3. The molecule has 34 nitrogen and oxygen atoms in total. The number of likely N-dealkylation sites (N-methyl/N-ethyl adjacent to an activating group) is 1. The van der Waals surface area contributed by atoms with Crippen molar-refractivity contribution < 1.29 is 112 Å². The topological polar surface area (TPSA) is 408 Å². The second-order valence-corrected chi connectivity index (χ2v) is 37.9. The van der Waals surface area contributed by atoms with E-state index in [1.165, 1.54) is 72.6 Å². The van der Waals surface area contributed by atoms with Crippen molar-refractivity contribution >= 4 is 138 Å². The minimum atomic E-state index is -5.00. The zero-order valence-corrected chi connectivity index (χ0v) is 69.6. The smallest absolute Gasteiger partial charge is 0.444 e. The number of piperazine rings is 2. The molecular formula is C75H96N10O24S6. The van der Waals surface area contributed by atoms with Gasteiger partial charge in [0.05, 0.1) is 98.1 Å². The third-order valence-corrected chi connectivity index (χ3v) is 28.3. The predicted molar refractivity (Wildman–Crippen MR) is 424 cm³/mol. The van der Waals surface area contributed by atoms with E-state index in [1.54, 1.807) is 90.1 Å². The third-order valence-electron chi connectivity index (χ3n) is 20.1. The van der Waals surface area contributed by atoms with Crippen molar-refractivity contribution in [2.45, 2.75) is 157 Å². The summed E-state index contributed by atoms with van der Waals surface area (Å²) in [6.45, 7) is 10.9. The highest BCUT2D eigenvalue weighted by Gasteiger charge is 2.89. The Hall–Kier alpha value is -8.48. The average Bonchev–Trinajstić information content (AvgIpc) is 1.44. The van der Waals surface area contributed by atoms with Gasteiger partial charge in [-0.2, -0.15) is 0 Å². The van der Waals surface area contributed by atoms with Crippen LogP contribution in [-0.4, -0.2) is 247 Å². The lowest BCUT2D eigenvalue weighted by Gasteiger charge is -2.58. The van der Waals surface area contributed by atoms with Crippen LogP contribution in [0.25, 0.3) is 0 Å². The van der Waals surface area contributed by atoms with Crippen LogP contribution >= 0.6 is 46.8 Å². The van der Waals surface area contributed by atoms with Gasteiger partial charge >= 0.3 is 24.5 Å². The number of carbonyl (C=O) groups excluding carboxylic acids is 10. The Morgan fingerprint density at radius 1 is 0.487 bits per heavy atom. The highest BCUT2D eigenvalue weighted by Crippen LogP contribution is 2.79. The molecule has 40 heteroatoms. The standard InChI is InChI=1S/C75H96N10O24S6/c1-68(2,3)108-64(92)78-34-40-102-44-42-100-38-32-76-56(86)30-18-20-36-104-66(94)106-48-72(110)61(89)82-59-70(46-73(82,111)58(88)80-72,52-26-14-16-28-54(52)84(59)114(96,97)50-22-10-8-11-23-50)71-47-74-62(90)81(7)75(113-112-74,63(91)83(74)60(71)85(55-29-17-15-27-53(55)71)115(98,99)51-24-12-9-13-25-51)49-107-67(95)105-37-21-19-31-57(87)77-33-39-101-43-45-103-41-35-79-65(93)109-69(4,5)6/h8-17,22-29,59-60,110-111H,18-21,30-49H2,1-7H3,(H,76,86)(H,77,87)(H,78,92)(H,79,93)(H,80,88)/t59-,60-,70-,71-,72-,73-,74-,75-/m0/s1. The first-order valence-corrected chi connectivity index (χ1v) is 43.3. The van der Waals surface area contributed by atoms with Gasteiger partial charge in [0, 0.05) is 58.9 Å². The number of para-hydroxylation sites is 2. The molecule has 8 amide bonds. The van der Waals surface area contributed by atoms with Crippen LogP contribution in [0.15, 0.2) is 119 Å². The fourth-order valence-electron chi connectivity index (χ4n) is 15.3. The number of ether oxygens (including phenoxy) is 10. The lowest BCUT2D eigenvalue weighted by atomic mass is 9.54. The Morgan fingerprint density at radius 3 is 1.35 bits per heavy atom. The Balaban J connectivity index is 0.810. The van der Waals surface area contributed by atoms with E-state index in [0.717, 1.165) is 40.0 Å². The highest BCUT2D eigenvalue weighted by atomic mass is 33.1. The molecule has 0 unspecified atom stereocenters. The SMILES string of the molecule is CN1C(=O)[C@@]23C[C@]4([C@]56C[C@]7(S)C(=O)N[C@](S)(COC(=O)OCCCCC(=O)NCCOCCOCCNC(=O)OC(C)(C)C)C(=O)N7[C@H]5N(S(=O)(=O)c5ccccc5)c5ccccc56)c5ccccc5N(S(=O)(=O)c5ccccc5)[C@@H]4N2C(=O)[C@]1(COC(=O)OCCCCC(=O)NCCOCCOCCNC(=O)OC(C)(C)C)SS3. The predicted octanol–water partition coefficient (Wildman–Crippen LogP) is 6.03. The third kappa shape index (κ3) is 17.7. The number of anilines is 2. The van der Waals surface area contributed by atoms with Crippen molar-refractivity contribution in [3.8, 4) is 0 Å². The maximum absolute atomic E-state index is 16.7. The summed E-state index contributed by atoms with van der Waals surface area (Å²) in [6, 6.07) is 27.0. The van der Waals surface area contributed by atoms with Gasteiger partial charge in [-0.1, -0.05) is 83.6 Å². The van der Waals surface area contributed by atoms with Gasteiger partial charge in [-0.3, -0.25) is 38.6 Å². The van der Waals surface area contributed by atoms with E-state index in [9.17, 15) is 28.8 Å². The number of nitrogens with zero attached hydrogens (tertiary/aromatic N) is 5. The fourth-order valence-corrected chi connectivity index (χ4v) is 23.1. The van der Waals surface area contributed by atoms with Gasteiger partial charge in [-0.05, 0) is 126 Å². The van der Waals surface area contributed by atoms with E-state index >= 15 is 36.0 Å². The molecule has 8 aliphatic rings. The number of rotatable bonds is 37. The van der Waals surface area contributed by atoms with Crippen LogP contribution in [-0.2, 0) is 107 Å². The Labute approximate surface area is 685 Å². The molecule has 12 rings (SSSR count). The summed E-state index contributed by atoms with van der Waals surface area (Å²) in [6.07, 6.45) is -7.76. The van der Waals surface area contributed by atoms with E-state index in [0.29, 0.717) is 0 Å². The monoisotopic (exact) mass is 1710 g/mol. The number of benzene rings is 4. The second-order valence-electron chi connectivity index (χ2n) is 30.1. The quantitative estimate of drug-likeness (QED) is 0.00890. The van der Waals surface area contributed by atoms with Crippen LogP contribution in [0.1, 0.15) is 104 Å². The molecule has 4 aromatic rings.